The van der Waals surface area contributed by atoms with Crippen LogP contribution in [0.1, 0.15) is 24.8 Å². The smallest absolute Gasteiger partial charge is 0.326 e. The molecule has 1 saturated heterocycles. The van der Waals surface area contributed by atoms with Crippen LogP contribution in [-0.4, -0.2) is 44.0 Å². The van der Waals surface area contributed by atoms with Crippen molar-refractivity contribution in [2.45, 2.75) is 38.8 Å². The van der Waals surface area contributed by atoms with Crippen molar-refractivity contribution in [3.05, 3.63) is 40.4 Å². The number of benzene rings is 1. The molecular weight excluding hydrogens is 310 g/mol. The SMILES string of the molecule is Cc1cccc2c(=O)n(CC(=O)N3CCCC[C@@H]3C(=O)O)cnc12. The molecule has 0 aliphatic carbocycles. The van der Waals surface area contributed by atoms with E-state index < -0.39 is 12.0 Å². The zero-order chi connectivity index (χ0) is 17.3. The second kappa shape index (κ2) is 6.43. The number of likely N-dealkylation sites (tertiary alicyclic amines) is 1. The summed E-state index contributed by atoms with van der Waals surface area (Å²) in [6, 6.07) is 4.52. The Morgan fingerprint density at radius 3 is 2.88 bits per heavy atom. The summed E-state index contributed by atoms with van der Waals surface area (Å²) in [6.07, 6.45) is 3.37. The predicted molar refractivity (Wildman–Crippen MR) is 87.7 cm³/mol. The number of fused-ring (bicyclic) bond motifs is 1. The summed E-state index contributed by atoms with van der Waals surface area (Å²) in [7, 11) is 0. The highest BCUT2D eigenvalue weighted by Gasteiger charge is 2.31. The highest BCUT2D eigenvalue weighted by Crippen LogP contribution is 2.18. The second-order valence-corrected chi connectivity index (χ2v) is 6.09. The summed E-state index contributed by atoms with van der Waals surface area (Å²) in [5, 5.41) is 9.73. The monoisotopic (exact) mass is 329 g/mol. The maximum absolute atomic E-state index is 12.6. The average Bonchev–Trinajstić information content (AvgIpc) is 2.58. The number of carbonyl (C=O) groups excluding carboxylic acids is 1. The molecule has 1 aromatic carbocycles. The van der Waals surface area contributed by atoms with E-state index in [9.17, 15) is 19.5 Å². The van der Waals surface area contributed by atoms with Crippen molar-refractivity contribution in [1.82, 2.24) is 14.5 Å². The van der Waals surface area contributed by atoms with Gasteiger partial charge in [-0.15, -0.1) is 0 Å². The van der Waals surface area contributed by atoms with Gasteiger partial charge >= 0.3 is 5.97 Å². The minimum atomic E-state index is -0.998. The van der Waals surface area contributed by atoms with Crippen molar-refractivity contribution in [1.29, 1.82) is 0 Å². The van der Waals surface area contributed by atoms with Crippen molar-refractivity contribution in [3.63, 3.8) is 0 Å². The topological polar surface area (TPSA) is 92.5 Å². The average molecular weight is 329 g/mol. The van der Waals surface area contributed by atoms with Gasteiger partial charge in [0.2, 0.25) is 5.91 Å². The number of aliphatic carboxylic acids is 1. The van der Waals surface area contributed by atoms with Crippen LogP contribution in [0.4, 0.5) is 0 Å². The van der Waals surface area contributed by atoms with Crippen LogP contribution in [0.25, 0.3) is 10.9 Å². The standard InChI is InChI=1S/C17H19N3O4/c1-11-5-4-6-12-15(11)18-10-19(16(12)22)9-14(21)20-8-3-2-7-13(20)17(23)24/h4-6,10,13H,2-3,7-9H2,1H3,(H,23,24)/t13-/m1/s1. The summed E-state index contributed by atoms with van der Waals surface area (Å²) >= 11 is 0. The molecule has 1 fully saturated rings. The van der Waals surface area contributed by atoms with Gasteiger partial charge in [-0.05, 0) is 37.8 Å². The van der Waals surface area contributed by atoms with Gasteiger partial charge in [-0.3, -0.25) is 14.2 Å². The number of rotatable bonds is 3. The first-order valence-electron chi connectivity index (χ1n) is 7.96. The van der Waals surface area contributed by atoms with Crippen molar-refractivity contribution in [2.24, 2.45) is 0 Å². The van der Waals surface area contributed by atoms with Gasteiger partial charge in [-0.25, -0.2) is 9.78 Å². The largest absolute Gasteiger partial charge is 0.480 e. The molecule has 1 aliphatic rings. The van der Waals surface area contributed by atoms with Crippen LogP contribution in [0.5, 0.6) is 0 Å². The molecule has 126 valence electrons. The third-order valence-electron chi connectivity index (χ3n) is 4.47. The fraction of sp³-hybridized carbons (Fsp3) is 0.412. The molecule has 0 radical (unpaired) electrons. The molecule has 0 unspecified atom stereocenters. The molecule has 2 aromatic rings. The molecule has 3 rings (SSSR count). The lowest BCUT2D eigenvalue weighted by atomic mass is 10.0. The summed E-state index contributed by atoms with van der Waals surface area (Å²) in [6.45, 7) is 2.08. The lowest BCUT2D eigenvalue weighted by Crippen LogP contribution is -2.49. The van der Waals surface area contributed by atoms with E-state index in [1.165, 1.54) is 15.8 Å². The minimum Gasteiger partial charge on any atom is -0.480 e. The first-order valence-corrected chi connectivity index (χ1v) is 7.96. The van der Waals surface area contributed by atoms with E-state index in [0.717, 1.165) is 18.4 Å². The van der Waals surface area contributed by atoms with E-state index >= 15 is 0 Å². The lowest BCUT2D eigenvalue weighted by molar-refractivity contribution is -0.152. The summed E-state index contributed by atoms with van der Waals surface area (Å²) in [5.74, 6) is -1.36. The van der Waals surface area contributed by atoms with E-state index in [4.69, 9.17) is 0 Å². The first kappa shape index (κ1) is 16.2. The van der Waals surface area contributed by atoms with Gasteiger partial charge in [-0.1, -0.05) is 12.1 Å². The molecule has 1 atom stereocenters. The van der Waals surface area contributed by atoms with Crippen LogP contribution in [-0.2, 0) is 16.1 Å². The maximum Gasteiger partial charge on any atom is 0.326 e. The molecule has 0 spiro atoms. The molecule has 1 N–H and O–H groups in total. The lowest BCUT2D eigenvalue weighted by Gasteiger charge is -2.33. The quantitative estimate of drug-likeness (QED) is 0.912. The number of aromatic nitrogens is 2. The highest BCUT2D eigenvalue weighted by atomic mass is 16.4. The highest BCUT2D eigenvalue weighted by molar-refractivity contribution is 5.84. The third kappa shape index (κ3) is 2.89. The number of hydrogen-bond acceptors (Lipinski definition) is 4. The Balaban J connectivity index is 1.89. The second-order valence-electron chi connectivity index (χ2n) is 6.09. The normalized spacial score (nSPS) is 17.9. The molecule has 7 heteroatoms. The van der Waals surface area contributed by atoms with E-state index in [2.05, 4.69) is 4.98 Å². The number of aryl methyl sites for hydroxylation is 1. The molecule has 7 nitrogen and oxygen atoms in total. The van der Waals surface area contributed by atoms with Gasteiger partial charge in [-0.2, -0.15) is 0 Å². The van der Waals surface area contributed by atoms with Gasteiger partial charge < -0.3 is 10.0 Å². The Morgan fingerprint density at radius 2 is 2.12 bits per heavy atom. The molecule has 2 heterocycles. The number of carbonyl (C=O) groups is 2. The van der Waals surface area contributed by atoms with E-state index in [1.807, 2.05) is 13.0 Å². The fourth-order valence-corrected chi connectivity index (χ4v) is 3.17. The molecule has 1 amide bonds. The number of carboxylic acid groups (broad SMARTS) is 1. The Morgan fingerprint density at radius 1 is 1.33 bits per heavy atom. The van der Waals surface area contributed by atoms with Crippen molar-refractivity contribution in [2.75, 3.05) is 6.54 Å². The number of hydrogen-bond donors (Lipinski definition) is 1. The van der Waals surface area contributed by atoms with Crippen molar-refractivity contribution in [3.8, 4) is 0 Å². The van der Waals surface area contributed by atoms with Gasteiger partial charge in [0.1, 0.15) is 12.6 Å². The molecule has 1 aromatic heterocycles. The Hall–Kier alpha value is -2.70. The molecule has 24 heavy (non-hydrogen) atoms. The summed E-state index contributed by atoms with van der Waals surface area (Å²) < 4.78 is 1.25. The van der Waals surface area contributed by atoms with Gasteiger partial charge in [0.05, 0.1) is 17.2 Å². The molecule has 0 saturated carbocycles. The Labute approximate surface area is 138 Å². The summed E-state index contributed by atoms with van der Waals surface area (Å²) in [5.41, 5.74) is 1.22. The number of carboxylic acids is 1. The number of amides is 1. The number of nitrogens with zero attached hydrogens (tertiary/aromatic N) is 3. The van der Waals surface area contributed by atoms with Crippen molar-refractivity contribution < 1.29 is 14.7 Å². The van der Waals surface area contributed by atoms with E-state index in [1.54, 1.807) is 12.1 Å². The van der Waals surface area contributed by atoms with Crippen molar-refractivity contribution >= 4 is 22.8 Å². The number of piperidine rings is 1. The maximum atomic E-state index is 12.6. The van der Waals surface area contributed by atoms with E-state index in [0.29, 0.717) is 23.9 Å². The van der Waals surface area contributed by atoms with E-state index in [-0.39, 0.29) is 18.0 Å². The van der Waals surface area contributed by atoms with Crippen LogP contribution >= 0.6 is 0 Å². The zero-order valence-electron chi connectivity index (χ0n) is 13.4. The van der Waals surface area contributed by atoms with Crippen LogP contribution in [0, 0.1) is 6.92 Å². The Bertz CT molecular complexity index is 859. The van der Waals surface area contributed by atoms with Crippen LogP contribution in [0.15, 0.2) is 29.3 Å². The first-order chi connectivity index (χ1) is 11.5. The fourth-order valence-electron chi connectivity index (χ4n) is 3.17. The summed E-state index contributed by atoms with van der Waals surface area (Å²) in [4.78, 5) is 42.0. The van der Waals surface area contributed by atoms with Crippen LogP contribution in [0.2, 0.25) is 0 Å². The molecule has 1 aliphatic heterocycles. The third-order valence-corrected chi connectivity index (χ3v) is 4.47. The van der Waals surface area contributed by atoms with Gasteiger partial charge in [0, 0.05) is 6.54 Å². The van der Waals surface area contributed by atoms with Crippen LogP contribution in [0.3, 0.4) is 0 Å². The Kier molecular flexibility index (Phi) is 4.33. The number of para-hydroxylation sites is 1. The van der Waals surface area contributed by atoms with Gasteiger partial charge in [0.15, 0.2) is 0 Å². The molecular formula is C17H19N3O4. The zero-order valence-corrected chi connectivity index (χ0v) is 13.4. The van der Waals surface area contributed by atoms with Crippen LogP contribution < -0.4 is 5.56 Å². The molecule has 0 bridgehead atoms. The predicted octanol–water partition coefficient (Wildman–Crippen LogP) is 1.17. The van der Waals surface area contributed by atoms with Gasteiger partial charge in [0.25, 0.3) is 5.56 Å². The minimum absolute atomic E-state index is 0.195.